The van der Waals surface area contributed by atoms with Gasteiger partial charge in [-0.3, -0.25) is 19.8 Å². The van der Waals surface area contributed by atoms with E-state index in [2.05, 4.69) is 15.5 Å². The third kappa shape index (κ3) is 5.55. The average Bonchev–Trinajstić information content (AvgIpc) is 3.38. The summed E-state index contributed by atoms with van der Waals surface area (Å²) < 4.78 is 10.3. The number of amidine groups is 1. The van der Waals surface area contributed by atoms with Crippen molar-refractivity contribution in [2.45, 2.75) is 25.6 Å². The maximum absolute atomic E-state index is 13.3. The summed E-state index contributed by atoms with van der Waals surface area (Å²) in [5, 5.41) is 6.40. The number of rotatable bonds is 7. The van der Waals surface area contributed by atoms with Gasteiger partial charge in [0.2, 0.25) is 11.8 Å². The number of aryl methyl sites for hydroxylation is 1. The largest absolute Gasteiger partial charge is 0.497 e. The first-order valence-corrected chi connectivity index (χ1v) is 11.5. The molecule has 2 aromatic carbocycles. The summed E-state index contributed by atoms with van der Waals surface area (Å²) in [6, 6.07) is 18.7. The van der Waals surface area contributed by atoms with E-state index in [4.69, 9.17) is 9.26 Å². The third-order valence-corrected chi connectivity index (χ3v) is 6.13. The smallest absolute Gasteiger partial charge is 0.278 e. The van der Waals surface area contributed by atoms with Crippen molar-refractivity contribution in [3.63, 3.8) is 0 Å². The van der Waals surface area contributed by atoms with Crippen molar-refractivity contribution < 1.29 is 18.8 Å². The second-order valence-corrected chi connectivity index (χ2v) is 8.96. The Kier molecular flexibility index (Phi) is 7.12. The third-order valence-electron chi connectivity index (χ3n) is 5.04. The maximum atomic E-state index is 13.3. The summed E-state index contributed by atoms with van der Waals surface area (Å²) in [5.74, 6) is 0.511. The standard InChI is InChI=1S/C25H24N4O4S/c1-16-13-22(33-28-16)27-23(30)17(2)34-25-26-21(14-18-9-11-20(32-3)12-10-18)24(31)29(25)15-19-7-5-4-6-8-19/h4-14,17H,15H2,1-3H3,(H,27,30)/b21-14-. The number of carbonyl (C=O) groups is 2. The van der Waals surface area contributed by atoms with Crippen molar-refractivity contribution >= 4 is 40.7 Å². The lowest BCUT2D eigenvalue weighted by Gasteiger charge is -2.19. The molecule has 1 aliphatic heterocycles. The highest BCUT2D eigenvalue weighted by Crippen LogP contribution is 2.29. The fraction of sp³-hybridized carbons (Fsp3) is 0.200. The molecule has 4 rings (SSSR count). The van der Waals surface area contributed by atoms with Gasteiger partial charge in [0.05, 0.1) is 24.6 Å². The van der Waals surface area contributed by atoms with Crippen LogP contribution in [0.3, 0.4) is 0 Å². The van der Waals surface area contributed by atoms with Crippen LogP contribution >= 0.6 is 11.8 Å². The van der Waals surface area contributed by atoms with Crippen molar-refractivity contribution in [1.82, 2.24) is 10.1 Å². The molecular formula is C25H24N4O4S. The van der Waals surface area contributed by atoms with Crippen LogP contribution in [0.1, 0.15) is 23.7 Å². The predicted octanol–water partition coefficient (Wildman–Crippen LogP) is 4.49. The van der Waals surface area contributed by atoms with Gasteiger partial charge in [-0.1, -0.05) is 59.4 Å². The summed E-state index contributed by atoms with van der Waals surface area (Å²) >= 11 is 1.21. The number of hydrogen-bond acceptors (Lipinski definition) is 7. The minimum atomic E-state index is -0.532. The van der Waals surface area contributed by atoms with Crippen LogP contribution < -0.4 is 10.1 Å². The fourth-order valence-corrected chi connectivity index (χ4v) is 4.15. The number of benzene rings is 2. The van der Waals surface area contributed by atoms with Gasteiger partial charge < -0.3 is 9.26 Å². The molecule has 0 saturated heterocycles. The maximum Gasteiger partial charge on any atom is 0.278 e. The zero-order valence-corrected chi connectivity index (χ0v) is 19.8. The average molecular weight is 477 g/mol. The van der Waals surface area contributed by atoms with Crippen LogP contribution in [0, 0.1) is 6.92 Å². The highest BCUT2D eigenvalue weighted by atomic mass is 32.2. The molecule has 0 aliphatic carbocycles. The Morgan fingerprint density at radius 3 is 2.59 bits per heavy atom. The second-order valence-electron chi connectivity index (χ2n) is 7.66. The quantitative estimate of drug-likeness (QED) is 0.505. The Bertz CT molecular complexity index is 1240. The Morgan fingerprint density at radius 2 is 1.94 bits per heavy atom. The monoisotopic (exact) mass is 476 g/mol. The summed E-state index contributed by atoms with van der Waals surface area (Å²) in [7, 11) is 1.60. The molecule has 3 aromatic rings. The Labute approximate surface area is 201 Å². The van der Waals surface area contributed by atoms with Crippen LogP contribution in [0.4, 0.5) is 5.88 Å². The van der Waals surface area contributed by atoms with Gasteiger partial charge in [0, 0.05) is 6.07 Å². The summed E-state index contributed by atoms with van der Waals surface area (Å²) in [4.78, 5) is 32.1. The van der Waals surface area contributed by atoms with Gasteiger partial charge in [0.25, 0.3) is 5.91 Å². The molecule has 1 atom stereocenters. The van der Waals surface area contributed by atoms with E-state index in [1.807, 2.05) is 54.6 Å². The molecule has 2 heterocycles. The minimum absolute atomic E-state index is 0.222. The number of anilines is 1. The number of nitrogens with one attached hydrogen (secondary N) is 1. The molecule has 174 valence electrons. The SMILES string of the molecule is COc1ccc(/C=C2\N=C(SC(C)C(=O)Nc3cc(C)no3)N(Cc3ccccc3)C2=O)cc1. The van der Waals surface area contributed by atoms with Gasteiger partial charge in [0.15, 0.2) is 5.17 Å². The number of carbonyl (C=O) groups excluding carboxylic acids is 2. The topological polar surface area (TPSA) is 97.0 Å². The van der Waals surface area contributed by atoms with E-state index in [1.165, 1.54) is 11.8 Å². The molecule has 0 saturated carbocycles. The lowest BCUT2D eigenvalue weighted by Crippen LogP contribution is -2.32. The van der Waals surface area contributed by atoms with Crippen molar-refractivity contribution in [2.24, 2.45) is 4.99 Å². The zero-order valence-electron chi connectivity index (χ0n) is 19.0. The van der Waals surface area contributed by atoms with Gasteiger partial charge in [-0.25, -0.2) is 4.99 Å². The Morgan fingerprint density at radius 1 is 1.21 bits per heavy atom. The Hall–Kier alpha value is -3.85. The van der Waals surface area contributed by atoms with E-state index in [1.54, 1.807) is 38.0 Å². The molecule has 0 fully saturated rings. The molecule has 9 heteroatoms. The van der Waals surface area contributed by atoms with Crippen molar-refractivity contribution in [3.8, 4) is 5.75 Å². The number of thioether (sulfide) groups is 1. The predicted molar refractivity (Wildman–Crippen MR) is 132 cm³/mol. The van der Waals surface area contributed by atoms with Crippen LogP contribution in [0.5, 0.6) is 5.75 Å². The minimum Gasteiger partial charge on any atom is -0.497 e. The van der Waals surface area contributed by atoms with Crippen molar-refractivity contribution in [1.29, 1.82) is 0 Å². The molecule has 1 aliphatic rings. The fourth-order valence-electron chi connectivity index (χ4n) is 3.24. The van der Waals surface area contributed by atoms with Crippen molar-refractivity contribution in [2.75, 3.05) is 12.4 Å². The molecule has 0 spiro atoms. The van der Waals surface area contributed by atoms with Gasteiger partial charge in [-0.2, -0.15) is 0 Å². The number of aliphatic imine (C=N–C) groups is 1. The van der Waals surface area contributed by atoms with Gasteiger partial charge in [-0.05, 0) is 43.2 Å². The molecule has 0 bridgehead atoms. The number of amides is 2. The summed E-state index contributed by atoms with van der Waals surface area (Å²) in [5.41, 5.74) is 2.76. The van der Waals surface area contributed by atoms with Crippen LogP contribution in [-0.2, 0) is 16.1 Å². The molecule has 8 nitrogen and oxygen atoms in total. The molecule has 1 N–H and O–H groups in total. The van der Waals surface area contributed by atoms with E-state index >= 15 is 0 Å². The second kappa shape index (κ2) is 10.4. The Balaban J connectivity index is 1.56. The van der Waals surface area contributed by atoms with Gasteiger partial charge >= 0.3 is 0 Å². The lowest BCUT2D eigenvalue weighted by atomic mass is 10.1. The van der Waals surface area contributed by atoms with E-state index in [0.717, 1.165) is 16.9 Å². The van der Waals surface area contributed by atoms with Crippen LogP contribution in [0.25, 0.3) is 6.08 Å². The number of ether oxygens (including phenoxy) is 1. The highest BCUT2D eigenvalue weighted by Gasteiger charge is 2.33. The van der Waals surface area contributed by atoms with E-state index in [0.29, 0.717) is 23.1 Å². The summed E-state index contributed by atoms with van der Waals surface area (Å²) in [6.07, 6.45) is 1.73. The van der Waals surface area contributed by atoms with Gasteiger partial charge in [0.1, 0.15) is 11.4 Å². The normalized spacial score (nSPS) is 15.4. The number of aromatic nitrogens is 1. The summed E-state index contributed by atoms with van der Waals surface area (Å²) in [6.45, 7) is 3.87. The molecule has 0 radical (unpaired) electrons. The first kappa shape index (κ1) is 23.3. The van der Waals surface area contributed by atoms with Crippen LogP contribution in [-0.4, -0.2) is 39.4 Å². The van der Waals surface area contributed by atoms with Crippen LogP contribution in [0.15, 0.2) is 75.9 Å². The zero-order chi connectivity index (χ0) is 24.1. The molecule has 2 amide bonds. The van der Waals surface area contributed by atoms with E-state index in [-0.39, 0.29) is 17.7 Å². The molecule has 1 aromatic heterocycles. The lowest BCUT2D eigenvalue weighted by molar-refractivity contribution is -0.123. The first-order chi connectivity index (χ1) is 16.4. The number of methoxy groups -OCH3 is 1. The van der Waals surface area contributed by atoms with Crippen molar-refractivity contribution in [3.05, 3.63) is 83.2 Å². The van der Waals surface area contributed by atoms with E-state index in [9.17, 15) is 9.59 Å². The number of hydrogen-bond donors (Lipinski definition) is 1. The highest BCUT2D eigenvalue weighted by molar-refractivity contribution is 8.15. The number of nitrogens with zero attached hydrogens (tertiary/aromatic N) is 3. The van der Waals surface area contributed by atoms with Crippen LogP contribution in [0.2, 0.25) is 0 Å². The van der Waals surface area contributed by atoms with E-state index < -0.39 is 5.25 Å². The first-order valence-electron chi connectivity index (χ1n) is 10.6. The molecular weight excluding hydrogens is 452 g/mol. The van der Waals surface area contributed by atoms with Gasteiger partial charge in [-0.15, -0.1) is 0 Å². The molecule has 1 unspecified atom stereocenters. The molecule has 34 heavy (non-hydrogen) atoms.